The second-order valence-electron chi connectivity index (χ2n) is 37.8. The van der Waals surface area contributed by atoms with Gasteiger partial charge in [-0.3, -0.25) is 0 Å². The Morgan fingerprint density at radius 1 is 0.116 bits per heavy atom. The molecule has 23 aromatic carbocycles. The zero-order valence-electron chi connectivity index (χ0n) is 79.5. The van der Waals surface area contributed by atoms with Gasteiger partial charge >= 0.3 is 0 Å². The lowest BCUT2D eigenvalue weighted by molar-refractivity contribution is 0.668. The third-order valence-corrected chi connectivity index (χ3v) is 29.5. The summed E-state index contributed by atoms with van der Waals surface area (Å²) in [6.45, 7) is 0. The van der Waals surface area contributed by atoms with Gasteiger partial charge in [0, 0.05) is 122 Å². The fourth-order valence-electron chi connectivity index (χ4n) is 22.4. The van der Waals surface area contributed by atoms with Crippen LogP contribution >= 0.6 is 0 Å². The van der Waals surface area contributed by atoms with Gasteiger partial charge in [0.05, 0.1) is 44.1 Å². The Balaban J connectivity index is 0.000000142. The molecule has 6 aromatic heterocycles. The number of hydrogen-bond donors (Lipinski definition) is 0. The maximum Gasteiger partial charge on any atom is 0.135 e. The van der Waals surface area contributed by atoms with E-state index in [1.165, 1.54) is 126 Å². The second-order valence-corrected chi connectivity index (χ2v) is 37.8. The molecule has 6 heterocycles. The highest BCUT2D eigenvalue weighted by atomic mass is 16.3. The van der Waals surface area contributed by atoms with Crippen LogP contribution in [0.5, 0.6) is 0 Å². The van der Waals surface area contributed by atoms with Gasteiger partial charge in [-0.2, -0.15) is 0 Å². The molecule has 0 fully saturated rings. The molecule has 0 bridgehead atoms. The van der Waals surface area contributed by atoms with Crippen molar-refractivity contribution in [3.8, 4) is 101 Å². The van der Waals surface area contributed by atoms with Gasteiger partial charge in [-0.25, -0.2) is 0 Å². The quantitative estimate of drug-likeness (QED) is 0.0912. The van der Waals surface area contributed by atoms with Gasteiger partial charge in [-0.05, 0) is 296 Å². The Morgan fingerprint density at radius 2 is 0.301 bits per heavy atom. The largest absolute Gasteiger partial charge is 0.456 e. The van der Waals surface area contributed by atoms with E-state index in [4.69, 9.17) is 8.83 Å². The summed E-state index contributed by atoms with van der Waals surface area (Å²) < 4.78 is 21.8. The smallest absolute Gasteiger partial charge is 0.135 e. The molecule has 146 heavy (non-hydrogen) atoms. The first-order chi connectivity index (χ1) is 72.4. The summed E-state index contributed by atoms with van der Waals surface area (Å²) in [5, 5.41) is 14.5. The summed E-state index contributed by atoms with van der Waals surface area (Å²) >= 11 is 0. The molecule has 0 unspecified atom stereocenters. The summed E-state index contributed by atoms with van der Waals surface area (Å²) in [7, 11) is 0. The summed E-state index contributed by atoms with van der Waals surface area (Å²) in [5.41, 5.74) is 40.6. The molecule has 0 aliphatic carbocycles. The molecule has 0 saturated heterocycles. The molecule has 29 aromatic rings. The van der Waals surface area contributed by atoms with Crippen LogP contribution in [0.4, 0.5) is 34.1 Å². The van der Waals surface area contributed by atoms with Crippen molar-refractivity contribution in [3.63, 3.8) is 0 Å². The molecule has 0 aliphatic heterocycles. The number of nitrogens with zero attached hydrogens (tertiary/aromatic N) is 6. The van der Waals surface area contributed by atoms with E-state index in [2.05, 4.69) is 550 Å². The van der Waals surface area contributed by atoms with Gasteiger partial charge in [0.15, 0.2) is 0 Å². The first-order valence-electron chi connectivity index (χ1n) is 49.9. The van der Waals surface area contributed by atoms with Crippen molar-refractivity contribution in [2.24, 2.45) is 0 Å². The van der Waals surface area contributed by atoms with Crippen molar-refractivity contribution in [2.45, 2.75) is 0 Å². The zero-order chi connectivity index (χ0) is 96.2. The number of benzene rings is 23. The average Bonchev–Trinajstić information content (AvgIpc) is 1.60. The van der Waals surface area contributed by atoms with Crippen LogP contribution in [-0.2, 0) is 0 Å². The van der Waals surface area contributed by atoms with Crippen LogP contribution in [-0.4, -0.2) is 18.3 Å². The van der Waals surface area contributed by atoms with Crippen LogP contribution in [0.15, 0.2) is 555 Å². The molecule has 29 rings (SSSR count). The molecule has 684 valence electrons. The Bertz CT molecular complexity index is 10100. The molecular formula is C138H90N6O2. The van der Waals surface area contributed by atoms with Crippen molar-refractivity contribution < 1.29 is 8.83 Å². The summed E-state index contributed by atoms with van der Waals surface area (Å²) in [6, 6.07) is 197. The molecule has 0 saturated carbocycles. The van der Waals surface area contributed by atoms with E-state index in [0.29, 0.717) is 0 Å². The molecule has 0 N–H and O–H groups in total. The summed E-state index contributed by atoms with van der Waals surface area (Å²) in [5.74, 6) is 0. The average molecular weight is 1860 g/mol. The van der Waals surface area contributed by atoms with Gasteiger partial charge < -0.3 is 36.9 Å². The zero-order valence-corrected chi connectivity index (χ0v) is 79.5. The normalized spacial score (nSPS) is 11.7. The molecule has 8 heteroatoms. The van der Waals surface area contributed by atoms with Crippen LogP contribution < -0.4 is 9.80 Å². The van der Waals surface area contributed by atoms with E-state index in [0.717, 1.165) is 140 Å². The van der Waals surface area contributed by atoms with Crippen LogP contribution in [0, 0.1) is 0 Å². The number of anilines is 6. The van der Waals surface area contributed by atoms with Gasteiger partial charge in [0.1, 0.15) is 22.3 Å². The van der Waals surface area contributed by atoms with Gasteiger partial charge in [-0.15, -0.1) is 0 Å². The Morgan fingerprint density at radius 3 is 0.596 bits per heavy atom. The van der Waals surface area contributed by atoms with Crippen molar-refractivity contribution >= 4 is 165 Å². The third kappa shape index (κ3) is 14.8. The number of rotatable bonds is 17. The van der Waals surface area contributed by atoms with Crippen molar-refractivity contribution in [2.75, 3.05) is 9.80 Å². The summed E-state index contributed by atoms with van der Waals surface area (Å²) in [4.78, 5) is 4.71. The highest BCUT2D eigenvalue weighted by molar-refractivity contribution is 6.15. The monoisotopic (exact) mass is 1860 g/mol. The number of aromatic nitrogens is 4. The first kappa shape index (κ1) is 84.5. The SMILES string of the molecule is c1ccc(-n2c3ccccc3c3cc(-c4ccc(N(c5ccc(-c6ccc(-c7ccc8c9ccccc9n(-c9ccccc9)c8c7)cc6)cc5)c5ccc(-c6ccc7oc8ccccc8c7c6)cc5)cc4)ccc32)cc1.c1ccc(-n2c3ccccc3c3cc(-c4ccc(N(c5ccc(-c6ccc7oc8ccccc8c7c6)cc5)c5ccc(-c6ccc7c8ccccc8n(-c8ccccc8)c7c6)cc5)cc4)ccc32)cc1. The van der Waals surface area contributed by atoms with Crippen LogP contribution in [0.2, 0.25) is 0 Å². The van der Waals surface area contributed by atoms with Gasteiger partial charge in [0.25, 0.3) is 0 Å². The molecule has 0 amide bonds. The van der Waals surface area contributed by atoms with E-state index in [9.17, 15) is 0 Å². The Labute approximate surface area is 842 Å². The Kier molecular flexibility index (Phi) is 20.5. The predicted octanol–water partition coefficient (Wildman–Crippen LogP) is 38.2. The van der Waals surface area contributed by atoms with E-state index in [-0.39, 0.29) is 0 Å². The molecular weight excluding hydrogens is 1770 g/mol. The number of para-hydroxylation sites is 10. The maximum atomic E-state index is 6.17. The molecule has 0 atom stereocenters. The minimum atomic E-state index is 0.899. The number of fused-ring (bicyclic) bond motifs is 18. The summed E-state index contributed by atoms with van der Waals surface area (Å²) in [6.07, 6.45) is 0. The van der Waals surface area contributed by atoms with E-state index < -0.39 is 0 Å². The minimum absolute atomic E-state index is 0.899. The fraction of sp³-hybridized carbons (Fsp3) is 0. The lowest BCUT2D eigenvalue weighted by Crippen LogP contribution is -2.09. The number of furan rings is 2. The van der Waals surface area contributed by atoms with E-state index >= 15 is 0 Å². The van der Waals surface area contributed by atoms with Crippen molar-refractivity contribution in [1.29, 1.82) is 0 Å². The predicted molar refractivity (Wildman–Crippen MR) is 612 cm³/mol. The lowest BCUT2D eigenvalue weighted by atomic mass is 9.99. The lowest BCUT2D eigenvalue weighted by Gasteiger charge is -2.26. The topological polar surface area (TPSA) is 52.5 Å². The molecule has 0 aliphatic rings. The van der Waals surface area contributed by atoms with Crippen LogP contribution in [0.25, 0.3) is 232 Å². The minimum Gasteiger partial charge on any atom is -0.456 e. The van der Waals surface area contributed by atoms with Crippen LogP contribution in [0.3, 0.4) is 0 Å². The third-order valence-electron chi connectivity index (χ3n) is 29.5. The highest BCUT2D eigenvalue weighted by Crippen LogP contribution is 2.47. The molecule has 0 radical (unpaired) electrons. The van der Waals surface area contributed by atoms with Crippen LogP contribution in [0.1, 0.15) is 0 Å². The van der Waals surface area contributed by atoms with E-state index in [1.54, 1.807) is 0 Å². The number of hydrogen-bond acceptors (Lipinski definition) is 4. The first-order valence-corrected chi connectivity index (χ1v) is 49.9. The highest BCUT2D eigenvalue weighted by Gasteiger charge is 2.24. The fourth-order valence-corrected chi connectivity index (χ4v) is 22.4. The van der Waals surface area contributed by atoms with E-state index in [1.807, 2.05) is 24.3 Å². The molecule has 0 spiro atoms. The standard InChI is InChI=1S/C72H47N3O.C66H43N3O/c1-3-13-56(14-4-1)74-68-21-11-8-18-62(68)65-45-53(34-43-69(65)74)51-29-38-59(39-30-51)73(60-40-31-52(32-41-60)54-35-44-72-66(46-54)64-19-9-12-22-71(64)76-72)58-36-27-49(28-37-58)48-23-25-50(26-24-48)55-33-42-63-61-17-7-10-20-67(61)75(70(63)47-55)57-15-5-2-6-16-57;1-3-13-50(14-4-1)68-62-21-11-8-18-56(62)59-41-47(30-39-63(59)68)44-23-32-52(33-24-44)67(53-34-25-45(26-35-53)48-31-40-66-60(42-48)58-19-9-12-22-65(58)70-66)54-36-27-46(28-37-54)49-29-38-57-55-17-7-10-20-61(55)69(64(57)43-49)51-15-5-2-6-16-51/h1-47H;1-43H. The maximum absolute atomic E-state index is 6.17. The Hall–Kier alpha value is -19.5. The van der Waals surface area contributed by atoms with Gasteiger partial charge in [0.2, 0.25) is 0 Å². The van der Waals surface area contributed by atoms with Gasteiger partial charge in [-0.1, -0.05) is 328 Å². The van der Waals surface area contributed by atoms with Crippen molar-refractivity contribution in [3.05, 3.63) is 546 Å². The molecule has 8 nitrogen and oxygen atoms in total. The van der Waals surface area contributed by atoms with Crippen molar-refractivity contribution in [1.82, 2.24) is 18.3 Å². The second kappa shape index (κ2) is 35.4.